The summed E-state index contributed by atoms with van der Waals surface area (Å²) in [4.78, 5) is 47.1. The first-order chi connectivity index (χ1) is 10.6. The average Bonchev–Trinajstić information content (AvgIpc) is 2.64. The zero-order valence-electron chi connectivity index (χ0n) is 11.7. The van der Waals surface area contributed by atoms with Crippen molar-refractivity contribution in [3.8, 4) is 0 Å². The summed E-state index contributed by atoms with van der Waals surface area (Å²) in [6, 6.07) is 2.89. The Balaban J connectivity index is 2.08. The number of hydrogen-bond donors (Lipinski definition) is 1. The van der Waals surface area contributed by atoms with E-state index in [1.807, 2.05) is 0 Å². The number of hydrogen-bond acceptors (Lipinski definition) is 4. The number of nitrogens with one attached hydrogen (secondary N) is 1. The Morgan fingerprint density at radius 1 is 1.17 bits per heavy atom. The summed E-state index contributed by atoms with van der Waals surface area (Å²) < 4.78 is 37.7. The normalized spacial score (nSPS) is 15.4. The van der Waals surface area contributed by atoms with Crippen LogP contribution in [0.1, 0.15) is 5.56 Å². The maximum absolute atomic E-state index is 12.6. The summed E-state index contributed by atoms with van der Waals surface area (Å²) in [5, 5.41) is 2.14. The van der Waals surface area contributed by atoms with Crippen LogP contribution < -0.4 is 5.32 Å². The van der Waals surface area contributed by atoms with E-state index < -0.39 is 42.0 Å². The number of halogens is 3. The SMILES string of the molecule is CN1C(=O)C(=O)N(CC(=O)Nc2cccc(C(F)(F)F)c2)C1=O. The van der Waals surface area contributed by atoms with Gasteiger partial charge in [0.1, 0.15) is 6.54 Å². The first-order valence-electron chi connectivity index (χ1n) is 6.22. The molecule has 23 heavy (non-hydrogen) atoms. The largest absolute Gasteiger partial charge is 0.416 e. The fourth-order valence-electron chi connectivity index (χ4n) is 1.87. The number of alkyl halides is 3. The van der Waals surface area contributed by atoms with Gasteiger partial charge in [-0.05, 0) is 18.2 Å². The van der Waals surface area contributed by atoms with Gasteiger partial charge in [-0.3, -0.25) is 19.3 Å². The van der Waals surface area contributed by atoms with Gasteiger partial charge in [-0.15, -0.1) is 0 Å². The summed E-state index contributed by atoms with van der Waals surface area (Å²) in [5.74, 6) is -3.16. The third kappa shape index (κ3) is 3.30. The fourth-order valence-corrected chi connectivity index (χ4v) is 1.87. The van der Waals surface area contributed by atoms with Crippen molar-refractivity contribution in [2.45, 2.75) is 6.18 Å². The molecule has 1 heterocycles. The van der Waals surface area contributed by atoms with Gasteiger partial charge in [0.25, 0.3) is 0 Å². The van der Waals surface area contributed by atoms with Crippen molar-refractivity contribution < 1.29 is 32.3 Å². The van der Waals surface area contributed by atoms with E-state index in [4.69, 9.17) is 0 Å². The van der Waals surface area contributed by atoms with Crippen LogP contribution in [0.4, 0.5) is 23.7 Å². The van der Waals surface area contributed by atoms with Crippen LogP contribution in [-0.2, 0) is 20.6 Å². The molecule has 0 bridgehead atoms. The van der Waals surface area contributed by atoms with Crippen molar-refractivity contribution in [3.63, 3.8) is 0 Å². The number of rotatable bonds is 3. The van der Waals surface area contributed by atoms with E-state index in [2.05, 4.69) is 5.32 Å². The van der Waals surface area contributed by atoms with Crippen molar-refractivity contribution in [2.24, 2.45) is 0 Å². The second kappa shape index (κ2) is 5.71. The Bertz CT molecular complexity index is 702. The number of carbonyl (C=O) groups excluding carboxylic acids is 4. The lowest BCUT2D eigenvalue weighted by molar-refractivity contribution is -0.143. The molecule has 0 spiro atoms. The van der Waals surface area contributed by atoms with Crippen LogP contribution in [0, 0.1) is 0 Å². The van der Waals surface area contributed by atoms with E-state index >= 15 is 0 Å². The summed E-state index contributed by atoms with van der Waals surface area (Å²) in [7, 11) is 1.08. The van der Waals surface area contributed by atoms with Crippen molar-refractivity contribution in [2.75, 3.05) is 18.9 Å². The van der Waals surface area contributed by atoms with Crippen LogP contribution in [0.2, 0.25) is 0 Å². The standard InChI is InChI=1S/C13H10F3N3O4/c1-18-10(21)11(22)19(12(18)23)6-9(20)17-8-4-2-3-7(5-8)13(14,15)16/h2-5H,6H2,1H3,(H,17,20). The lowest BCUT2D eigenvalue weighted by atomic mass is 10.2. The van der Waals surface area contributed by atoms with Gasteiger partial charge in [0.05, 0.1) is 5.56 Å². The number of imide groups is 2. The molecule has 0 aliphatic carbocycles. The second-order valence-electron chi connectivity index (χ2n) is 4.66. The van der Waals surface area contributed by atoms with Gasteiger partial charge in [0, 0.05) is 12.7 Å². The molecule has 10 heteroatoms. The van der Waals surface area contributed by atoms with E-state index in [-0.39, 0.29) is 5.69 Å². The summed E-state index contributed by atoms with van der Waals surface area (Å²) in [6.07, 6.45) is -4.57. The van der Waals surface area contributed by atoms with Gasteiger partial charge in [-0.1, -0.05) is 6.07 Å². The fraction of sp³-hybridized carbons (Fsp3) is 0.231. The van der Waals surface area contributed by atoms with Crippen LogP contribution in [0.25, 0.3) is 0 Å². The van der Waals surface area contributed by atoms with Crippen LogP contribution in [0.5, 0.6) is 0 Å². The number of urea groups is 1. The third-order valence-electron chi connectivity index (χ3n) is 3.03. The highest BCUT2D eigenvalue weighted by Crippen LogP contribution is 2.30. The number of nitrogens with zero attached hydrogens (tertiary/aromatic N) is 2. The van der Waals surface area contributed by atoms with Gasteiger partial charge in [-0.2, -0.15) is 13.2 Å². The molecule has 0 unspecified atom stereocenters. The quantitative estimate of drug-likeness (QED) is 0.664. The Morgan fingerprint density at radius 2 is 1.83 bits per heavy atom. The minimum absolute atomic E-state index is 0.149. The molecule has 1 N–H and O–H groups in total. The molecule has 1 saturated heterocycles. The minimum Gasteiger partial charge on any atom is -0.325 e. The minimum atomic E-state index is -4.57. The van der Waals surface area contributed by atoms with Crippen molar-refractivity contribution >= 4 is 29.4 Å². The predicted octanol–water partition coefficient (Wildman–Crippen LogP) is 1.06. The zero-order valence-corrected chi connectivity index (χ0v) is 11.7. The highest BCUT2D eigenvalue weighted by atomic mass is 19.4. The molecule has 1 fully saturated rings. The Labute approximate surface area is 127 Å². The van der Waals surface area contributed by atoms with Crippen molar-refractivity contribution in [3.05, 3.63) is 29.8 Å². The lowest BCUT2D eigenvalue weighted by Gasteiger charge is -2.13. The molecule has 2 rings (SSSR count). The summed E-state index contributed by atoms with van der Waals surface area (Å²) >= 11 is 0. The lowest BCUT2D eigenvalue weighted by Crippen LogP contribution is -2.38. The molecule has 1 aliphatic rings. The van der Waals surface area contributed by atoms with Gasteiger partial charge in [0.15, 0.2) is 0 Å². The van der Waals surface area contributed by atoms with Gasteiger partial charge in [-0.25, -0.2) is 9.69 Å². The molecule has 0 aromatic heterocycles. The van der Waals surface area contributed by atoms with E-state index in [0.29, 0.717) is 15.9 Å². The second-order valence-corrected chi connectivity index (χ2v) is 4.66. The van der Waals surface area contributed by atoms with Crippen LogP contribution in [0.3, 0.4) is 0 Å². The first-order valence-corrected chi connectivity index (χ1v) is 6.22. The van der Waals surface area contributed by atoms with Crippen molar-refractivity contribution in [1.82, 2.24) is 9.80 Å². The Kier molecular flexibility index (Phi) is 4.08. The molecule has 5 amide bonds. The van der Waals surface area contributed by atoms with Gasteiger partial charge in [0.2, 0.25) is 5.91 Å². The number of carbonyl (C=O) groups is 4. The van der Waals surface area contributed by atoms with Gasteiger partial charge >= 0.3 is 24.0 Å². The molecule has 0 saturated carbocycles. The maximum Gasteiger partial charge on any atom is 0.416 e. The summed E-state index contributed by atoms with van der Waals surface area (Å²) in [6.45, 7) is -0.774. The molecule has 0 radical (unpaired) electrons. The van der Waals surface area contributed by atoms with E-state index in [9.17, 15) is 32.3 Å². The highest BCUT2D eigenvalue weighted by molar-refractivity contribution is 6.44. The molecule has 1 aromatic carbocycles. The monoisotopic (exact) mass is 329 g/mol. The van der Waals surface area contributed by atoms with Crippen LogP contribution in [0.15, 0.2) is 24.3 Å². The third-order valence-corrected chi connectivity index (χ3v) is 3.03. The molecular weight excluding hydrogens is 319 g/mol. The number of amides is 5. The Morgan fingerprint density at radius 3 is 2.35 bits per heavy atom. The van der Waals surface area contributed by atoms with E-state index in [0.717, 1.165) is 19.2 Å². The molecule has 122 valence electrons. The van der Waals surface area contributed by atoms with Crippen LogP contribution >= 0.6 is 0 Å². The maximum atomic E-state index is 12.6. The van der Waals surface area contributed by atoms with E-state index in [1.165, 1.54) is 6.07 Å². The predicted molar refractivity (Wildman–Crippen MR) is 70.0 cm³/mol. The molecule has 1 aliphatic heterocycles. The number of likely N-dealkylation sites (N-methyl/N-ethyl adjacent to an activating group) is 1. The average molecular weight is 329 g/mol. The summed E-state index contributed by atoms with van der Waals surface area (Å²) in [5.41, 5.74) is -1.11. The van der Waals surface area contributed by atoms with Gasteiger partial charge < -0.3 is 5.32 Å². The number of anilines is 1. The van der Waals surface area contributed by atoms with Crippen molar-refractivity contribution in [1.29, 1.82) is 0 Å². The first kappa shape index (κ1) is 16.5. The molecule has 7 nitrogen and oxygen atoms in total. The topological polar surface area (TPSA) is 86.8 Å². The smallest absolute Gasteiger partial charge is 0.325 e. The molecule has 0 atom stereocenters. The Hall–Kier alpha value is -2.91. The van der Waals surface area contributed by atoms with E-state index in [1.54, 1.807) is 0 Å². The highest BCUT2D eigenvalue weighted by Gasteiger charge is 2.43. The van der Waals surface area contributed by atoms with Crippen LogP contribution in [-0.4, -0.2) is 47.1 Å². The zero-order chi connectivity index (χ0) is 17.4. The molecular formula is C13H10F3N3O4. The molecule has 1 aromatic rings. The number of benzene rings is 1.